The van der Waals surface area contributed by atoms with Gasteiger partial charge in [-0.25, -0.2) is 4.79 Å². The quantitative estimate of drug-likeness (QED) is 0.105. The summed E-state index contributed by atoms with van der Waals surface area (Å²) in [6.45, 7) is 3.22. The monoisotopic (exact) mass is 666 g/mol. The number of nitrogens with one attached hydrogen (secondary N) is 2. The van der Waals surface area contributed by atoms with E-state index in [1.807, 2.05) is 0 Å². The van der Waals surface area contributed by atoms with Crippen molar-refractivity contribution in [2.24, 2.45) is 0 Å². The molecule has 12 nitrogen and oxygen atoms in total. The Morgan fingerprint density at radius 1 is 1.07 bits per heavy atom. The maximum atomic E-state index is 12.7. The fraction of sp³-hybridized carbons (Fsp3) is 0.788. The van der Waals surface area contributed by atoms with Crippen LogP contribution in [0.1, 0.15) is 121 Å². The van der Waals surface area contributed by atoms with Crippen LogP contribution in [0, 0.1) is 11.8 Å². The minimum absolute atomic E-state index is 0.0105. The van der Waals surface area contributed by atoms with Crippen LogP contribution in [0.4, 0.5) is 0 Å². The number of aromatic nitrogens is 2. The van der Waals surface area contributed by atoms with Gasteiger partial charge in [-0.15, -0.1) is 0 Å². The molecule has 3 heterocycles. The number of aromatic amines is 1. The maximum absolute atomic E-state index is 12.7. The molecule has 2 unspecified atom stereocenters. The molecule has 0 radical (unpaired) electrons. The molecule has 0 aromatic carbocycles. The minimum Gasteiger partial charge on any atom is -0.779 e. The van der Waals surface area contributed by atoms with Gasteiger partial charge >= 0.3 is 5.69 Å². The van der Waals surface area contributed by atoms with Crippen molar-refractivity contribution in [1.82, 2.24) is 14.9 Å². The summed E-state index contributed by atoms with van der Waals surface area (Å²) >= 11 is 0. The van der Waals surface area contributed by atoms with Crippen molar-refractivity contribution in [2.75, 3.05) is 33.5 Å². The lowest BCUT2D eigenvalue weighted by Gasteiger charge is -2.32. The van der Waals surface area contributed by atoms with Crippen LogP contribution in [0.25, 0.3) is 0 Å². The molecule has 2 bridgehead atoms. The highest BCUT2D eigenvalue weighted by molar-refractivity contribution is 7.50. The smallest absolute Gasteiger partial charge is 0.330 e. The lowest BCUT2D eigenvalue weighted by Crippen LogP contribution is -2.46. The summed E-state index contributed by atoms with van der Waals surface area (Å²) in [5.74, 6) is 5.35. The van der Waals surface area contributed by atoms with Gasteiger partial charge < -0.3 is 33.5 Å². The maximum Gasteiger partial charge on any atom is 0.330 e. The number of rotatable bonds is 22. The van der Waals surface area contributed by atoms with Crippen LogP contribution in [0.3, 0.4) is 0 Å². The van der Waals surface area contributed by atoms with E-state index in [0.717, 1.165) is 30.5 Å². The third kappa shape index (κ3) is 12.1. The van der Waals surface area contributed by atoms with Gasteiger partial charge in [-0.3, -0.25) is 19.1 Å². The van der Waals surface area contributed by atoms with E-state index < -0.39 is 42.9 Å². The number of methoxy groups -OCH3 is 1. The van der Waals surface area contributed by atoms with Crippen LogP contribution < -0.4 is 21.5 Å². The van der Waals surface area contributed by atoms with Crippen molar-refractivity contribution in [3.8, 4) is 11.8 Å². The summed E-state index contributed by atoms with van der Waals surface area (Å²) in [5, 5.41) is 2.75. The van der Waals surface area contributed by atoms with Crippen molar-refractivity contribution in [3.63, 3.8) is 0 Å². The van der Waals surface area contributed by atoms with Gasteiger partial charge in [-0.05, 0) is 6.42 Å². The third-order valence-electron chi connectivity index (χ3n) is 8.51. The van der Waals surface area contributed by atoms with E-state index in [9.17, 15) is 23.8 Å². The fourth-order valence-corrected chi connectivity index (χ4v) is 6.84. The zero-order valence-corrected chi connectivity index (χ0v) is 28.7. The first-order valence-corrected chi connectivity index (χ1v) is 19.0. The molecule has 1 aromatic heterocycles. The second-order valence-electron chi connectivity index (χ2n) is 12.6. The number of nitrogens with zero attached hydrogens (tertiary/aromatic N) is 1. The van der Waals surface area contributed by atoms with Gasteiger partial charge in [0.1, 0.15) is 31.0 Å². The molecule has 0 spiro atoms. The molecule has 260 valence electrons. The summed E-state index contributed by atoms with van der Waals surface area (Å²) in [6, 6.07) is 0. The van der Waals surface area contributed by atoms with Gasteiger partial charge in [0, 0.05) is 26.4 Å². The largest absolute Gasteiger partial charge is 0.779 e. The van der Waals surface area contributed by atoms with E-state index in [-0.39, 0.29) is 31.2 Å². The average Bonchev–Trinajstić information content (AvgIpc) is 3.47. The Hall–Kier alpha value is -2.26. The summed E-state index contributed by atoms with van der Waals surface area (Å²) in [6.07, 6.45) is 17.6. The second-order valence-corrected chi connectivity index (χ2v) is 14.3. The lowest BCUT2D eigenvalue weighted by molar-refractivity contribution is -0.208. The Morgan fingerprint density at radius 2 is 1.65 bits per heavy atom. The number of fused-ring (bicyclic) bond motifs is 2. The van der Waals surface area contributed by atoms with E-state index in [2.05, 4.69) is 29.1 Å². The normalized spacial score (nSPS) is 23.2. The average molecular weight is 667 g/mol. The van der Waals surface area contributed by atoms with Gasteiger partial charge in [-0.1, -0.05) is 109 Å². The summed E-state index contributed by atoms with van der Waals surface area (Å²) in [4.78, 5) is 51.5. The van der Waals surface area contributed by atoms with Crippen molar-refractivity contribution >= 4 is 13.5 Å². The zero-order chi connectivity index (χ0) is 33.4. The third-order valence-corrected chi connectivity index (χ3v) is 9.12. The molecule has 1 amide bonds. The second kappa shape index (κ2) is 19.5. The van der Waals surface area contributed by atoms with Crippen LogP contribution in [0.5, 0.6) is 0 Å². The number of hydrogen-bond acceptors (Lipinski definition) is 9. The van der Waals surface area contributed by atoms with Gasteiger partial charge in [-0.2, -0.15) is 0 Å². The zero-order valence-electron chi connectivity index (χ0n) is 27.8. The van der Waals surface area contributed by atoms with Gasteiger partial charge in [0.2, 0.25) is 5.91 Å². The first-order chi connectivity index (χ1) is 22.1. The lowest BCUT2D eigenvalue weighted by atomic mass is 10.0. The van der Waals surface area contributed by atoms with E-state index in [1.165, 1.54) is 90.4 Å². The SMILES string of the molecule is CCCCCCCCCCCCCCCCCC(=O)NCC#Cc1cn([C@@H]2O[C@]3(COC)COC2[C@@H]3OP(C)(=O)[O-])c(=O)[nH]c1=O. The molecule has 46 heavy (non-hydrogen) atoms. The number of ether oxygens (including phenoxy) is 3. The number of carbonyl (C=O) groups excluding carboxylic acids is 1. The Balaban J connectivity index is 1.36. The number of amides is 1. The standard InChI is InChI=1S/C33H54N3O9P/c1-4-5-6-7-8-9-10-11-12-13-14-15-16-17-18-21-27(37)34-22-19-20-26-23-36(32(39)35-30(26)38)31-28-29(45-46(3,40)41)33(44-31,24-42-2)25-43-28/h23,28-29,31H,4-18,21-22,24-25H2,1-3H3,(H,34,37)(H,40,41)(H,35,38,39)/p-1/t28?,29-,31+,33+/m0/s1. The highest BCUT2D eigenvalue weighted by atomic mass is 31.2. The number of unbranched alkanes of at least 4 members (excludes halogenated alkanes) is 14. The first kappa shape index (κ1) is 38.2. The molecular formula is C33H53N3O9P-. The summed E-state index contributed by atoms with van der Waals surface area (Å²) in [5.41, 5.74) is -2.75. The van der Waals surface area contributed by atoms with E-state index >= 15 is 0 Å². The van der Waals surface area contributed by atoms with Crippen molar-refractivity contribution < 1.29 is 33.0 Å². The fourth-order valence-electron chi connectivity index (χ4n) is 6.12. The van der Waals surface area contributed by atoms with E-state index in [1.54, 1.807) is 0 Å². The first-order valence-electron chi connectivity index (χ1n) is 17.0. The Morgan fingerprint density at radius 3 is 2.22 bits per heavy atom. The van der Waals surface area contributed by atoms with Gasteiger partial charge in [0.25, 0.3) is 5.56 Å². The highest BCUT2D eigenvalue weighted by Crippen LogP contribution is 2.51. The van der Waals surface area contributed by atoms with Crippen molar-refractivity contribution in [2.45, 2.75) is 134 Å². The van der Waals surface area contributed by atoms with Crippen molar-refractivity contribution in [1.29, 1.82) is 0 Å². The molecule has 13 heteroatoms. The predicted molar refractivity (Wildman–Crippen MR) is 174 cm³/mol. The van der Waals surface area contributed by atoms with Crippen molar-refractivity contribution in [3.05, 3.63) is 32.6 Å². The number of hydrogen-bond donors (Lipinski definition) is 2. The Labute approximate surface area is 272 Å². The molecule has 2 aliphatic heterocycles. The van der Waals surface area contributed by atoms with Crippen LogP contribution in [0.2, 0.25) is 0 Å². The van der Waals surface area contributed by atoms with Gasteiger partial charge in [0.15, 0.2) is 6.23 Å². The minimum atomic E-state index is -4.18. The molecule has 0 aliphatic carbocycles. The molecular weight excluding hydrogens is 613 g/mol. The molecule has 5 atom stereocenters. The molecule has 1 aromatic rings. The number of H-pyrrole nitrogens is 1. The van der Waals surface area contributed by atoms with Crippen LogP contribution in [0.15, 0.2) is 15.8 Å². The molecule has 0 saturated carbocycles. The summed E-state index contributed by atoms with van der Waals surface area (Å²) < 4.78 is 35.4. The molecule has 3 rings (SSSR count). The van der Waals surface area contributed by atoms with Crippen LogP contribution in [-0.4, -0.2) is 66.8 Å². The van der Waals surface area contributed by atoms with E-state index in [0.29, 0.717) is 6.42 Å². The van der Waals surface area contributed by atoms with Crippen LogP contribution >= 0.6 is 7.60 Å². The van der Waals surface area contributed by atoms with E-state index in [4.69, 9.17) is 18.7 Å². The molecule has 2 fully saturated rings. The van der Waals surface area contributed by atoms with Gasteiger partial charge in [0.05, 0.1) is 19.8 Å². The Bertz CT molecular complexity index is 1310. The molecule has 2 aliphatic rings. The molecule has 2 N–H and O–H groups in total. The number of carbonyl (C=O) groups is 1. The topological polar surface area (TPSA) is 161 Å². The molecule has 2 saturated heterocycles. The predicted octanol–water partition coefficient (Wildman–Crippen LogP) is 4.15. The summed E-state index contributed by atoms with van der Waals surface area (Å²) in [7, 11) is -2.75. The highest BCUT2D eigenvalue weighted by Gasteiger charge is 2.64. The Kier molecular flexibility index (Phi) is 16.2. The van der Waals surface area contributed by atoms with Crippen LogP contribution in [-0.2, 0) is 28.1 Å².